The van der Waals surface area contributed by atoms with Crippen molar-refractivity contribution in [2.75, 3.05) is 4.90 Å². The monoisotopic (exact) mass is 416 g/mol. The molecule has 2 aromatic heterocycles. The molecule has 1 aliphatic heterocycles. The first kappa shape index (κ1) is 19.3. The van der Waals surface area contributed by atoms with Crippen LogP contribution in [0.1, 0.15) is 34.1 Å². The fourth-order valence-electron chi connectivity index (χ4n) is 4.54. The van der Waals surface area contributed by atoms with Crippen molar-refractivity contribution in [3.05, 3.63) is 98.9 Å². The molecule has 1 unspecified atom stereocenters. The van der Waals surface area contributed by atoms with Gasteiger partial charge in [-0.05, 0) is 68.3 Å². The number of aryl methyl sites for hydroxylation is 3. The minimum Gasteiger partial charge on any atom is -0.423 e. The molecule has 31 heavy (non-hydrogen) atoms. The number of fused-ring (bicyclic) bond motifs is 2. The fourth-order valence-corrected chi connectivity index (χ4v) is 4.54. The van der Waals surface area contributed by atoms with Crippen LogP contribution in [-0.2, 0) is 11.3 Å². The smallest absolute Gasteiger partial charge is 0.336 e. The molecule has 4 aromatic rings. The Hall–Kier alpha value is -3.67. The second-order valence-corrected chi connectivity index (χ2v) is 8.10. The third-order valence-electron chi connectivity index (χ3n) is 6.02. The van der Waals surface area contributed by atoms with Crippen molar-refractivity contribution in [2.45, 2.75) is 33.4 Å². The second kappa shape index (κ2) is 6.94. The number of aromatic nitrogens is 1. The van der Waals surface area contributed by atoms with Gasteiger partial charge in [-0.15, -0.1) is 0 Å². The van der Waals surface area contributed by atoms with Gasteiger partial charge in [-0.25, -0.2) is 9.18 Å². The molecule has 156 valence electrons. The highest BCUT2D eigenvalue weighted by Gasteiger charge is 2.39. The zero-order chi connectivity index (χ0) is 21.9. The van der Waals surface area contributed by atoms with Crippen LogP contribution in [0, 0.1) is 26.6 Å². The highest BCUT2D eigenvalue weighted by molar-refractivity contribution is 6.05. The molecule has 0 radical (unpaired) electrons. The number of amides is 1. The van der Waals surface area contributed by atoms with Crippen molar-refractivity contribution in [3.63, 3.8) is 0 Å². The molecular weight excluding hydrogens is 395 g/mol. The summed E-state index contributed by atoms with van der Waals surface area (Å²) in [6.45, 7) is 6.03. The lowest BCUT2D eigenvalue weighted by Gasteiger charge is -2.20. The Morgan fingerprint density at radius 2 is 1.68 bits per heavy atom. The standard InChI is InChI=1S/C25H21FN2O3/c1-14-10-23(29)31-22-11-17(6-8-19(14)22)13-27-21-9-7-18(26)12-20(21)24(25(27)30)28-15(2)4-5-16(28)3/h4-12,24H,13H2,1-3H3. The van der Waals surface area contributed by atoms with Crippen LogP contribution < -0.4 is 10.5 Å². The van der Waals surface area contributed by atoms with E-state index >= 15 is 0 Å². The van der Waals surface area contributed by atoms with E-state index in [2.05, 4.69) is 0 Å². The third-order valence-corrected chi connectivity index (χ3v) is 6.02. The summed E-state index contributed by atoms with van der Waals surface area (Å²) in [6.07, 6.45) is 0. The molecule has 0 N–H and O–H groups in total. The summed E-state index contributed by atoms with van der Waals surface area (Å²) in [6, 6.07) is 14.8. The van der Waals surface area contributed by atoms with E-state index in [0.717, 1.165) is 27.9 Å². The molecule has 3 heterocycles. The van der Waals surface area contributed by atoms with E-state index in [-0.39, 0.29) is 11.7 Å². The van der Waals surface area contributed by atoms with E-state index in [0.29, 0.717) is 23.4 Å². The zero-order valence-corrected chi connectivity index (χ0v) is 17.5. The highest BCUT2D eigenvalue weighted by atomic mass is 19.1. The number of benzene rings is 2. The quantitative estimate of drug-likeness (QED) is 0.451. The van der Waals surface area contributed by atoms with Gasteiger partial charge in [0.05, 0.1) is 12.2 Å². The molecule has 6 heteroatoms. The molecule has 0 aliphatic carbocycles. The molecule has 1 aliphatic rings. The van der Waals surface area contributed by atoms with Crippen LogP contribution in [0.25, 0.3) is 11.0 Å². The molecule has 5 rings (SSSR count). The molecule has 0 fully saturated rings. The van der Waals surface area contributed by atoms with Crippen LogP contribution >= 0.6 is 0 Å². The molecule has 5 nitrogen and oxygen atoms in total. The average molecular weight is 416 g/mol. The van der Waals surface area contributed by atoms with Gasteiger partial charge in [0.15, 0.2) is 0 Å². The summed E-state index contributed by atoms with van der Waals surface area (Å²) < 4.78 is 21.4. The van der Waals surface area contributed by atoms with E-state index < -0.39 is 11.7 Å². The van der Waals surface area contributed by atoms with Crippen molar-refractivity contribution < 1.29 is 13.6 Å². The van der Waals surface area contributed by atoms with E-state index in [9.17, 15) is 14.0 Å². The summed E-state index contributed by atoms with van der Waals surface area (Å²) in [7, 11) is 0. The summed E-state index contributed by atoms with van der Waals surface area (Å²) in [5.74, 6) is -0.488. The minimum atomic E-state index is -0.610. The Bertz CT molecular complexity index is 1400. The molecule has 0 bridgehead atoms. The van der Waals surface area contributed by atoms with Crippen LogP contribution in [0.2, 0.25) is 0 Å². The summed E-state index contributed by atoms with van der Waals surface area (Å²) >= 11 is 0. The van der Waals surface area contributed by atoms with Crippen LogP contribution in [0.4, 0.5) is 10.1 Å². The normalized spacial score (nSPS) is 15.7. The van der Waals surface area contributed by atoms with Crippen LogP contribution in [-0.4, -0.2) is 10.5 Å². The molecule has 2 aromatic carbocycles. The lowest BCUT2D eigenvalue weighted by Crippen LogP contribution is -2.31. The SMILES string of the molecule is Cc1cc(=O)oc2cc(CN3C(=O)C(n4c(C)ccc4C)c4cc(F)ccc43)ccc12. The topological polar surface area (TPSA) is 55.5 Å². The van der Waals surface area contributed by atoms with Crippen molar-refractivity contribution in [1.82, 2.24) is 4.57 Å². The van der Waals surface area contributed by atoms with Gasteiger partial charge in [0.1, 0.15) is 17.4 Å². The summed E-state index contributed by atoms with van der Waals surface area (Å²) in [5, 5.41) is 0.857. The third kappa shape index (κ3) is 3.06. The van der Waals surface area contributed by atoms with E-state index in [4.69, 9.17) is 4.42 Å². The minimum absolute atomic E-state index is 0.117. The summed E-state index contributed by atoms with van der Waals surface area (Å²) in [4.78, 5) is 27.0. The first-order valence-electron chi connectivity index (χ1n) is 10.1. The Labute approximate surface area is 178 Å². The second-order valence-electron chi connectivity index (χ2n) is 8.10. The number of carbonyl (C=O) groups is 1. The Morgan fingerprint density at radius 1 is 0.935 bits per heavy atom. The highest BCUT2D eigenvalue weighted by Crippen LogP contribution is 2.41. The number of halogens is 1. The molecule has 0 spiro atoms. The summed E-state index contributed by atoms with van der Waals surface area (Å²) in [5.41, 5.74) is 4.97. The lowest BCUT2D eigenvalue weighted by atomic mass is 10.1. The van der Waals surface area contributed by atoms with Gasteiger partial charge >= 0.3 is 5.63 Å². The Kier molecular flexibility index (Phi) is 4.32. The van der Waals surface area contributed by atoms with Gasteiger partial charge in [-0.3, -0.25) is 4.79 Å². The van der Waals surface area contributed by atoms with Crippen molar-refractivity contribution in [3.8, 4) is 0 Å². The lowest BCUT2D eigenvalue weighted by molar-refractivity contribution is -0.120. The molecule has 1 atom stereocenters. The number of rotatable bonds is 3. The van der Waals surface area contributed by atoms with Crippen molar-refractivity contribution in [2.24, 2.45) is 0 Å². The maximum atomic E-state index is 14.1. The van der Waals surface area contributed by atoms with Gasteiger partial charge < -0.3 is 13.9 Å². The number of hydrogen-bond acceptors (Lipinski definition) is 3. The van der Waals surface area contributed by atoms with Gasteiger partial charge in [-0.2, -0.15) is 0 Å². The van der Waals surface area contributed by atoms with Crippen LogP contribution in [0.3, 0.4) is 0 Å². The van der Waals surface area contributed by atoms with Gasteiger partial charge in [0.25, 0.3) is 5.91 Å². The fraction of sp³-hybridized carbons (Fsp3) is 0.200. The zero-order valence-electron chi connectivity index (χ0n) is 17.5. The van der Waals surface area contributed by atoms with Crippen LogP contribution in [0.15, 0.2) is 63.8 Å². The number of anilines is 1. The van der Waals surface area contributed by atoms with E-state index in [1.807, 2.05) is 49.6 Å². The van der Waals surface area contributed by atoms with Crippen molar-refractivity contribution >= 4 is 22.6 Å². The molecule has 0 saturated heterocycles. The maximum Gasteiger partial charge on any atom is 0.336 e. The van der Waals surface area contributed by atoms with Gasteiger partial charge in [-0.1, -0.05) is 12.1 Å². The average Bonchev–Trinajstić information content (AvgIpc) is 3.17. The van der Waals surface area contributed by atoms with E-state index in [1.54, 1.807) is 17.0 Å². The molecule has 0 saturated carbocycles. The number of carbonyl (C=O) groups excluding carboxylic acids is 1. The number of nitrogens with zero attached hydrogens (tertiary/aromatic N) is 2. The molecule has 1 amide bonds. The van der Waals surface area contributed by atoms with Gasteiger partial charge in [0, 0.05) is 28.4 Å². The number of hydrogen-bond donors (Lipinski definition) is 0. The first-order valence-corrected chi connectivity index (χ1v) is 10.1. The Morgan fingerprint density at radius 3 is 2.42 bits per heavy atom. The molecular formula is C25H21FN2O3. The van der Waals surface area contributed by atoms with Gasteiger partial charge in [0.2, 0.25) is 0 Å². The van der Waals surface area contributed by atoms with Crippen molar-refractivity contribution in [1.29, 1.82) is 0 Å². The first-order chi connectivity index (χ1) is 14.8. The van der Waals surface area contributed by atoms with Crippen LogP contribution in [0.5, 0.6) is 0 Å². The van der Waals surface area contributed by atoms with E-state index in [1.165, 1.54) is 18.2 Å². The Balaban J connectivity index is 1.60. The maximum absolute atomic E-state index is 14.1. The predicted octanol–water partition coefficient (Wildman–Crippen LogP) is 4.80. The largest absolute Gasteiger partial charge is 0.423 e. The predicted molar refractivity (Wildman–Crippen MR) is 117 cm³/mol.